The van der Waals surface area contributed by atoms with Gasteiger partial charge in [0, 0.05) is 45.3 Å². The van der Waals surface area contributed by atoms with E-state index in [2.05, 4.69) is 25.1 Å². The third kappa shape index (κ3) is 2.58. The zero-order valence-corrected chi connectivity index (χ0v) is 12.3. The van der Waals surface area contributed by atoms with Gasteiger partial charge in [-0.2, -0.15) is 0 Å². The molecule has 3 rings (SSSR count). The van der Waals surface area contributed by atoms with Gasteiger partial charge in [0.25, 0.3) is 0 Å². The third-order valence-electron chi connectivity index (χ3n) is 4.12. The van der Waals surface area contributed by atoms with Gasteiger partial charge in [-0.1, -0.05) is 0 Å². The number of nitrogens with one attached hydrogen (secondary N) is 1. The predicted octanol–water partition coefficient (Wildman–Crippen LogP) is 0.278. The highest BCUT2D eigenvalue weighted by Gasteiger charge is 2.34. The lowest BCUT2D eigenvalue weighted by atomic mass is 10.1. The van der Waals surface area contributed by atoms with Gasteiger partial charge in [-0.3, -0.25) is 4.90 Å². The molecule has 3 heterocycles. The molecular weight excluding hydrogens is 254 g/mol. The lowest BCUT2D eigenvalue weighted by Gasteiger charge is -2.47. The molecule has 2 aliphatic heterocycles. The van der Waals surface area contributed by atoms with E-state index in [0.717, 1.165) is 50.6 Å². The first-order chi connectivity index (χ1) is 9.79. The molecule has 6 heteroatoms. The van der Waals surface area contributed by atoms with Crippen molar-refractivity contribution in [3.63, 3.8) is 0 Å². The fourth-order valence-corrected chi connectivity index (χ4v) is 2.93. The first-order valence-corrected chi connectivity index (χ1v) is 7.43. The van der Waals surface area contributed by atoms with Crippen LogP contribution in [0.5, 0.6) is 5.88 Å². The lowest BCUT2D eigenvalue weighted by molar-refractivity contribution is 0.147. The molecule has 2 fully saturated rings. The highest BCUT2D eigenvalue weighted by atomic mass is 16.5. The highest BCUT2D eigenvalue weighted by Crippen LogP contribution is 2.28. The second kappa shape index (κ2) is 5.93. The van der Waals surface area contributed by atoms with Crippen molar-refractivity contribution in [2.75, 3.05) is 50.8 Å². The minimum absolute atomic E-state index is 0.640. The Kier molecular flexibility index (Phi) is 4.03. The first-order valence-electron chi connectivity index (χ1n) is 7.43. The van der Waals surface area contributed by atoms with Gasteiger partial charge in [-0.15, -0.1) is 0 Å². The van der Waals surface area contributed by atoms with Gasteiger partial charge in [0.05, 0.1) is 12.2 Å². The van der Waals surface area contributed by atoms with Crippen LogP contribution in [0.2, 0.25) is 0 Å². The molecule has 2 saturated heterocycles. The summed E-state index contributed by atoms with van der Waals surface area (Å²) in [5.41, 5.74) is 1.05. The van der Waals surface area contributed by atoms with Crippen LogP contribution in [0, 0.1) is 6.92 Å². The van der Waals surface area contributed by atoms with Crippen molar-refractivity contribution in [1.29, 1.82) is 0 Å². The number of aromatic nitrogens is 2. The lowest BCUT2D eigenvalue weighted by Crippen LogP contribution is -2.63. The zero-order chi connectivity index (χ0) is 13.9. The maximum absolute atomic E-state index is 5.54. The van der Waals surface area contributed by atoms with Gasteiger partial charge < -0.3 is 15.0 Å². The van der Waals surface area contributed by atoms with Gasteiger partial charge in [-0.25, -0.2) is 9.97 Å². The van der Waals surface area contributed by atoms with Gasteiger partial charge in [0.2, 0.25) is 5.88 Å². The van der Waals surface area contributed by atoms with Crippen molar-refractivity contribution in [1.82, 2.24) is 20.2 Å². The molecule has 1 aromatic rings. The Morgan fingerprint density at radius 1 is 1.30 bits per heavy atom. The predicted molar refractivity (Wildman–Crippen MR) is 78.4 cm³/mol. The van der Waals surface area contributed by atoms with E-state index in [1.807, 2.05) is 13.8 Å². The number of hydrogen-bond acceptors (Lipinski definition) is 6. The maximum atomic E-state index is 5.54. The van der Waals surface area contributed by atoms with Crippen molar-refractivity contribution in [2.24, 2.45) is 0 Å². The van der Waals surface area contributed by atoms with E-state index in [1.54, 1.807) is 6.33 Å². The fraction of sp³-hybridized carbons (Fsp3) is 0.714. The van der Waals surface area contributed by atoms with Crippen LogP contribution in [0.4, 0.5) is 5.82 Å². The second-order valence-corrected chi connectivity index (χ2v) is 5.41. The molecule has 0 spiro atoms. The third-order valence-corrected chi connectivity index (χ3v) is 4.12. The van der Waals surface area contributed by atoms with Crippen molar-refractivity contribution in [3.05, 3.63) is 11.9 Å². The van der Waals surface area contributed by atoms with Gasteiger partial charge in [-0.05, 0) is 13.8 Å². The van der Waals surface area contributed by atoms with E-state index < -0.39 is 0 Å². The van der Waals surface area contributed by atoms with Crippen LogP contribution in [-0.2, 0) is 0 Å². The Morgan fingerprint density at radius 2 is 2.05 bits per heavy atom. The second-order valence-electron chi connectivity index (χ2n) is 5.41. The summed E-state index contributed by atoms with van der Waals surface area (Å²) >= 11 is 0. The van der Waals surface area contributed by atoms with Crippen LogP contribution in [0.3, 0.4) is 0 Å². The SMILES string of the molecule is CCOc1ncnc(N2CC(N3CCNCC3)C2)c1C. The monoisotopic (exact) mass is 277 g/mol. The van der Waals surface area contributed by atoms with Gasteiger partial charge in [0.15, 0.2) is 0 Å². The Morgan fingerprint density at radius 3 is 2.75 bits per heavy atom. The van der Waals surface area contributed by atoms with E-state index in [1.165, 1.54) is 0 Å². The maximum Gasteiger partial charge on any atom is 0.221 e. The normalized spacial score (nSPS) is 20.8. The van der Waals surface area contributed by atoms with Crippen molar-refractivity contribution in [2.45, 2.75) is 19.9 Å². The molecule has 0 atom stereocenters. The molecule has 2 aliphatic rings. The van der Waals surface area contributed by atoms with Crippen LogP contribution in [0.25, 0.3) is 0 Å². The number of nitrogens with zero attached hydrogens (tertiary/aromatic N) is 4. The first kappa shape index (κ1) is 13.6. The quantitative estimate of drug-likeness (QED) is 0.853. The van der Waals surface area contributed by atoms with Crippen molar-refractivity contribution < 1.29 is 4.74 Å². The minimum Gasteiger partial charge on any atom is -0.478 e. The summed E-state index contributed by atoms with van der Waals surface area (Å²) in [4.78, 5) is 13.5. The van der Waals surface area contributed by atoms with Crippen LogP contribution in [0.15, 0.2) is 6.33 Å². The van der Waals surface area contributed by atoms with E-state index in [0.29, 0.717) is 18.5 Å². The minimum atomic E-state index is 0.640. The van der Waals surface area contributed by atoms with Gasteiger partial charge in [0.1, 0.15) is 12.1 Å². The molecule has 0 unspecified atom stereocenters. The summed E-state index contributed by atoms with van der Waals surface area (Å²) in [7, 11) is 0. The highest BCUT2D eigenvalue weighted by molar-refractivity contribution is 5.52. The van der Waals surface area contributed by atoms with Crippen molar-refractivity contribution >= 4 is 5.82 Å². The molecule has 1 N–H and O–H groups in total. The summed E-state index contributed by atoms with van der Waals surface area (Å²) in [6, 6.07) is 0.669. The Bertz CT molecular complexity index is 455. The number of piperazine rings is 1. The van der Waals surface area contributed by atoms with Crippen LogP contribution < -0.4 is 15.0 Å². The molecule has 1 aromatic heterocycles. The smallest absolute Gasteiger partial charge is 0.221 e. The summed E-state index contributed by atoms with van der Waals surface area (Å²) in [5, 5.41) is 3.40. The molecule has 20 heavy (non-hydrogen) atoms. The van der Waals surface area contributed by atoms with E-state index in [9.17, 15) is 0 Å². The van der Waals surface area contributed by atoms with Crippen LogP contribution in [-0.4, -0.2) is 66.8 Å². The summed E-state index contributed by atoms with van der Waals surface area (Å²) in [6.45, 7) is 11.3. The fourth-order valence-electron chi connectivity index (χ4n) is 2.93. The Balaban J connectivity index is 1.63. The van der Waals surface area contributed by atoms with E-state index in [-0.39, 0.29) is 0 Å². The average molecular weight is 277 g/mol. The standard InChI is InChI=1S/C14H23N5O/c1-3-20-14-11(2)13(16-10-17-14)19-8-12(9-19)18-6-4-15-5-7-18/h10,12,15H,3-9H2,1-2H3. The number of hydrogen-bond donors (Lipinski definition) is 1. The molecule has 0 saturated carbocycles. The largest absolute Gasteiger partial charge is 0.478 e. The molecule has 0 amide bonds. The van der Waals surface area contributed by atoms with E-state index in [4.69, 9.17) is 4.74 Å². The van der Waals surface area contributed by atoms with Crippen molar-refractivity contribution in [3.8, 4) is 5.88 Å². The van der Waals surface area contributed by atoms with Crippen LogP contribution in [0.1, 0.15) is 12.5 Å². The Hall–Kier alpha value is -1.40. The number of anilines is 1. The summed E-state index contributed by atoms with van der Waals surface area (Å²) in [5.74, 6) is 1.73. The topological polar surface area (TPSA) is 53.5 Å². The molecular formula is C14H23N5O. The van der Waals surface area contributed by atoms with E-state index >= 15 is 0 Å². The van der Waals surface area contributed by atoms with Gasteiger partial charge >= 0.3 is 0 Å². The average Bonchev–Trinajstić information content (AvgIpc) is 2.43. The molecule has 0 radical (unpaired) electrons. The van der Waals surface area contributed by atoms with Crippen LogP contribution >= 0.6 is 0 Å². The molecule has 6 nitrogen and oxygen atoms in total. The molecule has 110 valence electrons. The molecule has 0 aliphatic carbocycles. The zero-order valence-electron chi connectivity index (χ0n) is 12.3. The molecule has 0 bridgehead atoms. The number of ether oxygens (including phenoxy) is 1. The molecule has 0 aromatic carbocycles. The number of rotatable bonds is 4. The Labute approximate surface area is 120 Å². The summed E-state index contributed by atoms with van der Waals surface area (Å²) in [6.07, 6.45) is 1.60. The summed E-state index contributed by atoms with van der Waals surface area (Å²) < 4.78 is 5.54.